The Morgan fingerprint density at radius 3 is 2.76 bits per heavy atom. The number of rotatable bonds is 4. The summed E-state index contributed by atoms with van der Waals surface area (Å²) in [6, 6.07) is 7.82. The molecule has 0 aliphatic rings. The molecule has 1 amide bonds. The second-order valence-corrected chi connectivity index (χ2v) is 4.15. The summed E-state index contributed by atoms with van der Waals surface area (Å²) in [7, 11) is 0. The van der Waals surface area contributed by atoms with Gasteiger partial charge < -0.3 is 15.2 Å². The van der Waals surface area contributed by atoms with Crippen molar-refractivity contribution < 1.29 is 19.4 Å². The maximum absolute atomic E-state index is 12.1. The first-order valence-corrected chi connectivity index (χ1v) is 6.33. The van der Waals surface area contributed by atoms with Crippen LogP contribution in [0, 0.1) is 0 Å². The lowest BCUT2D eigenvalue weighted by Gasteiger charge is -2.10. The number of anilines is 1. The second kappa shape index (κ2) is 6.51. The fraction of sp³-hybridized carbons (Fsp3) is 0.133. The molecule has 21 heavy (non-hydrogen) atoms. The highest BCUT2D eigenvalue weighted by Gasteiger charge is 2.15. The normalized spacial score (nSPS) is 9.95. The number of benzene rings is 1. The van der Waals surface area contributed by atoms with Gasteiger partial charge in [-0.2, -0.15) is 0 Å². The van der Waals surface area contributed by atoms with E-state index in [4.69, 9.17) is 4.74 Å². The maximum Gasteiger partial charge on any atom is 0.340 e. The van der Waals surface area contributed by atoms with E-state index in [1.165, 1.54) is 18.5 Å². The van der Waals surface area contributed by atoms with Crippen molar-refractivity contribution in [3.63, 3.8) is 0 Å². The maximum atomic E-state index is 12.1. The van der Waals surface area contributed by atoms with Crippen LogP contribution in [0.15, 0.2) is 42.7 Å². The van der Waals surface area contributed by atoms with Gasteiger partial charge in [0.05, 0.1) is 29.6 Å². The number of carbonyl (C=O) groups is 2. The highest BCUT2D eigenvalue weighted by atomic mass is 16.5. The third-order valence-electron chi connectivity index (χ3n) is 2.66. The number of pyridine rings is 1. The standard InChI is InChI=1S/C15H14N2O4/c1-2-21-15(20)12-5-3-4-6-13(12)17-14(19)10-7-11(18)9-16-8-10/h3-9,18H,2H2,1H3,(H,17,19). The number of amides is 1. The van der Waals surface area contributed by atoms with Crippen molar-refractivity contribution in [3.05, 3.63) is 53.9 Å². The Hall–Kier alpha value is -2.89. The third kappa shape index (κ3) is 3.56. The third-order valence-corrected chi connectivity index (χ3v) is 2.66. The quantitative estimate of drug-likeness (QED) is 0.841. The lowest BCUT2D eigenvalue weighted by atomic mass is 10.1. The van der Waals surface area contributed by atoms with Crippen LogP contribution in [0.4, 0.5) is 5.69 Å². The van der Waals surface area contributed by atoms with Crippen molar-refractivity contribution in [1.29, 1.82) is 0 Å². The Labute approximate surface area is 121 Å². The van der Waals surface area contributed by atoms with E-state index in [2.05, 4.69) is 10.3 Å². The van der Waals surface area contributed by atoms with E-state index in [-0.39, 0.29) is 23.5 Å². The predicted octanol–water partition coefficient (Wildman–Crippen LogP) is 2.22. The van der Waals surface area contributed by atoms with E-state index >= 15 is 0 Å². The fourth-order valence-corrected chi connectivity index (χ4v) is 1.73. The largest absolute Gasteiger partial charge is 0.506 e. The molecule has 0 unspecified atom stereocenters. The smallest absolute Gasteiger partial charge is 0.340 e. The van der Waals surface area contributed by atoms with Crippen LogP contribution >= 0.6 is 0 Å². The Balaban J connectivity index is 2.23. The summed E-state index contributed by atoms with van der Waals surface area (Å²) >= 11 is 0. The number of para-hydroxylation sites is 1. The fourth-order valence-electron chi connectivity index (χ4n) is 1.73. The van der Waals surface area contributed by atoms with E-state index in [1.807, 2.05) is 0 Å². The van der Waals surface area contributed by atoms with Crippen LogP contribution in [-0.4, -0.2) is 28.6 Å². The first kappa shape index (κ1) is 14.5. The van der Waals surface area contributed by atoms with Crippen LogP contribution in [0.1, 0.15) is 27.6 Å². The number of carbonyl (C=O) groups excluding carboxylic acids is 2. The zero-order valence-electron chi connectivity index (χ0n) is 11.4. The van der Waals surface area contributed by atoms with Gasteiger partial charge in [-0.3, -0.25) is 9.78 Å². The Morgan fingerprint density at radius 1 is 1.29 bits per heavy atom. The molecule has 0 saturated heterocycles. The first-order valence-electron chi connectivity index (χ1n) is 6.33. The Kier molecular flexibility index (Phi) is 4.50. The van der Waals surface area contributed by atoms with Crippen molar-refractivity contribution in [1.82, 2.24) is 4.98 Å². The number of aromatic hydroxyl groups is 1. The molecule has 0 atom stereocenters. The van der Waals surface area contributed by atoms with E-state index in [1.54, 1.807) is 31.2 Å². The van der Waals surface area contributed by atoms with Gasteiger partial charge in [-0.25, -0.2) is 4.79 Å². The molecule has 0 aliphatic heterocycles. The molecule has 0 bridgehead atoms. The van der Waals surface area contributed by atoms with Crippen LogP contribution in [-0.2, 0) is 4.74 Å². The number of hydrogen-bond acceptors (Lipinski definition) is 5. The summed E-state index contributed by atoms with van der Waals surface area (Å²) in [6.07, 6.45) is 2.55. The molecule has 0 spiro atoms. The molecule has 2 N–H and O–H groups in total. The molecule has 2 aromatic rings. The zero-order chi connectivity index (χ0) is 15.2. The van der Waals surface area contributed by atoms with E-state index in [0.29, 0.717) is 5.69 Å². The molecule has 6 nitrogen and oxygen atoms in total. The van der Waals surface area contributed by atoms with Crippen molar-refractivity contribution >= 4 is 17.6 Å². The van der Waals surface area contributed by atoms with E-state index < -0.39 is 11.9 Å². The molecule has 1 heterocycles. The Bertz CT molecular complexity index is 670. The molecule has 0 radical (unpaired) electrons. The molecule has 6 heteroatoms. The molecular formula is C15H14N2O4. The predicted molar refractivity (Wildman–Crippen MR) is 76.3 cm³/mol. The number of hydrogen-bond donors (Lipinski definition) is 2. The minimum atomic E-state index is -0.512. The highest BCUT2D eigenvalue weighted by molar-refractivity contribution is 6.08. The van der Waals surface area contributed by atoms with Crippen LogP contribution in [0.25, 0.3) is 0 Å². The van der Waals surface area contributed by atoms with Gasteiger partial charge >= 0.3 is 5.97 Å². The average molecular weight is 286 g/mol. The summed E-state index contributed by atoms with van der Waals surface area (Å²) in [5.41, 5.74) is 0.791. The minimum absolute atomic E-state index is 0.110. The van der Waals surface area contributed by atoms with Gasteiger partial charge in [0, 0.05) is 6.20 Å². The summed E-state index contributed by atoms with van der Waals surface area (Å²) in [4.78, 5) is 27.6. The van der Waals surface area contributed by atoms with Gasteiger partial charge in [0.1, 0.15) is 5.75 Å². The van der Waals surface area contributed by atoms with Crippen LogP contribution in [0.2, 0.25) is 0 Å². The average Bonchev–Trinajstić information content (AvgIpc) is 2.48. The van der Waals surface area contributed by atoms with Crippen LogP contribution < -0.4 is 5.32 Å². The van der Waals surface area contributed by atoms with Crippen LogP contribution in [0.3, 0.4) is 0 Å². The molecule has 0 aliphatic carbocycles. The van der Waals surface area contributed by atoms with Gasteiger partial charge in [0.15, 0.2) is 0 Å². The van der Waals surface area contributed by atoms with Gasteiger partial charge in [0.25, 0.3) is 5.91 Å². The first-order chi connectivity index (χ1) is 10.1. The van der Waals surface area contributed by atoms with E-state index in [0.717, 1.165) is 0 Å². The lowest BCUT2D eigenvalue weighted by Crippen LogP contribution is -2.16. The van der Waals surface area contributed by atoms with E-state index in [9.17, 15) is 14.7 Å². The molecule has 108 valence electrons. The summed E-state index contributed by atoms with van der Waals surface area (Å²) < 4.78 is 4.93. The van der Waals surface area contributed by atoms with Crippen molar-refractivity contribution in [3.8, 4) is 5.75 Å². The topological polar surface area (TPSA) is 88.5 Å². The number of nitrogens with one attached hydrogen (secondary N) is 1. The molecule has 1 aromatic heterocycles. The molecule has 2 rings (SSSR count). The second-order valence-electron chi connectivity index (χ2n) is 4.15. The number of nitrogens with zero attached hydrogens (tertiary/aromatic N) is 1. The highest BCUT2D eigenvalue weighted by Crippen LogP contribution is 2.18. The summed E-state index contributed by atoms with van der Waals surface area (Å²) in [6.45, 7) is 1.95. The lowest BCUT2D eigenvalue weighted by molar-refractivity contribution is 0.0527. The number of aromatic nitrogens is 1. The Morgan fingerprint density at radius 2 is 2.05 bits per heavy atom. The van der Waals surface area contributed by atoms with Gasteiger partial charge in [-0.05, 0) is 25.1 Å². The summed E-state index contributed by atoms with van der Waals surface area (Å²) in [5.74, 6) is -1.10. The number of ether oxygens (including phenoxy) is 1. The summed E-state index contributed by atoms with van der Waals surface area (Å²) in [5, 5.41) is 11.9. The molecule has 0 saturated carbocycles. The van der Waals surface area contributed by atoms with Crippen molar-refractivity contribution in [2.24, 2.45) is 0 Å². The van der Waals surface area contributed by atoms with Gasteiger partial charge in [0.2, 0.25) is 0 Å². The minimum Gasteiger partial charge on any atom is -0.506 e. The van der Waals surface area contributed by atoms with Crippen molar-refractivity contribution in [2.45, 2.75) is 6.92 Å². The SMILES string of the molecule is CCOC(=O)c1ccccc1NC(=O)c1cncc(O)c1. The molecular weight excluding hydrogens is 272 g/mol. The van der Waals surface area contributed by atoms with Crippen LogP contribution in [0.5, 0.6) is 5.75 Å². The van der Waals surface area contributed by atoms with Crippen molar-refractivity contribution in [2.75, 3.05) is 11.9 Å². The number of esters is 1. The molecule has 0 fully saturated rings. The zero-order valence-corrected chi connectivity index (χ0v) is 11.4. The van der Waals surface area contributed by atoms with Gasteiger partial charge in [-0.15, -0.1) is 0 Å². The molecule has 1 aromatic carbocycles. The van der Waals surface area contributed by atoms with Gasteiger partial charge in [-0.1, -0.05) is 12.1 Å². The monoisotopic (exact) mass is 286 g/mol.